The van der Waals surface area contributed by atoms with Gasteiger partial charge in [-0.25, -0.2) is 0 Å². The van der Waals surface area contributed by atoms with E-state index in [1.807, 2.05) is 12.1 Å². The third-order valence-corrected chi connectivity index (χ3v) is 20.7. The summed E-state index contributed by atoms with van der Waals surface area (Å²) in [4.78, 5) is 0. The maximum Gasteiger partial charge on any atom is 0.261 e. The van der Waals surface area contributed by atoms with Crippen LogP contribution in [0, 0.1) is 5.41 Å². The van der Waals surface area contributed by atoms with Gasteiger partial charge in [0.05, 0.1) is 38.6 Å². The summed E-state index contributed by atoms with van der Waals surface area (Å²) in [5.41, 5.74) is 1.66. The average molecular weight is 673 g/mol. The molecule has 3 aromatic carbocycles. The van der Waals surface area contributed by atoms with Crippen molar-refractivity contribution in [3.05, 3.63) is 103 Å². The van der Waals surface area contributed by atoms with Gasteiger partial charge in [-0.05, 0) is 56.8 Å². The summed E-state index contributed by atoms with van der Waals surface area (Å²) in [5.74, 6) is 0.835. The van der Waals surface area contributed by atoms with Crippen LogP contribution in [0.4, 0.5) is 0 Å². The van der Waals surface area contributed by atoms with Crippen LogP contribution in [0.5, 0.6) is 5.75 Å². The first kappa shape index (κ1) is 35.8. The Balaban J connectivity index is 1.47. The smallest absolute Gasteiger partial charge is 0.261 e. The summed E-state index contributed by atoms with van der Waals surface area (Å²) in [6, 6.07) is 29.7. The summed E-state index contributed by atoms with van der Waals surface area (Å²) >= 11 is 0. The molecule has 254 valence electrons. The van der Waals surface area contributed by atoms with Crippen LogP contribution in [0.3, 0.4) is 0 Å². The summed E-state index contributed by atoms with van der Waals surface area (Å²) in [6.07, 6.45) is 0.118. The highest BCUT2D eigenvalue weighted by molar-refractivity contribution is 6.99. The molecular formula is C40H56O5Si2. The molecule has 47 heavy (non-hydrogen) atoms. The molecule has 5 atom stereocenters. The first-order chi connectivity index (χ1) is 22.0. The van der Waals surface area contributed by atoms with E-state index in [4.69, 9.17) is 29.6 Å². The monoisotopic (exact) mass is 672 g/mol. The zero-order valence-corrected chi connectivity index (χ0v) is 32.3. The molecule has 0 radical (unpaired) electrons. The highest BCUT2D eigenvalue weighted by atomic mass is 28.4. The van der Waals surface area contributed by atoms with Crippen LogP contribution in [0.2, 0.25) is 23.2 Å². The summed E-state index contributed by atoms with van der Waals surface area (Å²) in [5, 5.41) is 2.46. The van der Waals surface area contributed by atoms with E-state index in [0.717, 1.165) is 23.3 Å². The average Bonchev–Trinajstić information content (AvgIpc) is 3.23. The van der Waals surface area contributed by atoms with Crippen molar-refractivity contribution in [3.63, 3.8) is 0 Å². The minimum Gasteiger partial charge on any atom is -0.497 e. The van der Waals surface area contributed by atoms with Gasteiger partial charge < -0.3 is 23.1 Å². The summed E-state index contributed by atoms with van der Waals surface area (Å²) < 4.78 is 33.8. The predicted molar refractivity (Wildman–Crippen MR) is 198 cm³/mol. The Bertz CT molecular complexity index is 1450. The summed E-state index contributed by atoms with van der Waals surface area (Å²) in [6.45, 7) is 26.5. The number of ether oxygens (including phenoxy) is 3. The van der Waals surface area contributed by atoms with Crippen molar-refractivity contribution in [3.8, 4) is 5.75 Å². The Labute approximate surface area is 285 Å². The van der Waals surface area contributed by atoms with Crippen molar-refractivity contribution in [2.24, 2.45) is 5.41 Å². The van der Waals surface area contributed by atoms with Crippen LogP contribution >= 0.6 is 0 Å². The molecule has 1 heterocycles. The molecular weight excluding hydrogens is 617 g/mol. The first-order valence-electron chi connectivity index (χ1n) is 17.1. The number of hydrogen-bond donors (Lipinski definition) is 0. The molecule has 5 nitrogen and oxygen atoms in total. The number of hydrogen-bond acceptors (Lipinski definition) is 5. The highest BCUT2D eigenvalue weighted by Gasteiger charge is 2.63. The zero-order chi connectivity index (χ0) is 34.3. The minimum absolute atomic E-state index is 0.0559. The van der Waals surface area contributed by atoms with Gasteiger partial charge in [-0.3, -0.25) is 0 Å². The lowest BCUT2D eigenvalue weighted by molar-refractivity contribution is -0.151. The van der Waals surface area contributed by atoms with E-state index in [2.05, 4.69) is 134 Å². The first-order valence-corrected chi connectivity index (χ1v) is 21.9. The second-order valence-corrected chi connectivity index (χ2v) is 25.2. The van der Waals surface area contributed by atoms with Crippen molar-refractivity contribution in [2.45, 2.75) is 109 Å². The molecule has 2 aliphatic rings. The molecule has 5 rings (SSSR count). The molecule has 1 aliphatic carbocycles. The van der Waals surface area contributed by atoms with Crippen LogP contribution in [0.25, 0.3) is 0 Å². The predicted octanol–water partition coefficient (Wildman–Crippen LogP) is 8.28. The molecule has 2 bridgehead atoms. The van der Waals surface area contributed by atoms with Gasteiger partial charge in [0.1, 0.15) is 11.9 Å². The van der Waals surface area contributed by atoms with E-state index in [1.165, 1.54) is 10.4 Å². The fourth-order valence-corrected chi connectivity index (χ4v) is 13.3. The second kappa shape index (κ2) is 13.4. The van der Waals surface area contributed by atoms with Gasteiger partial charge >= 0.3 is 0 Å². The number of methoxy groups -OCH3 is 1. The van der Waals surface area contributed by atoms with Gasteiger partial charge in [-0.1, -0.05) is 128 Å². The van der Waals surface area contributed by atoms with Gasteiger partial charge in [-0.15, -0.1) is 0 Å². The van der Waals surface area contributed by atoms with Crippen LogP contribution < -0.4 is 15.1 Å². The molecule has 2 fully saturated rings. The molecule has 7 heteroatoms. The maximum atomic E-state index is 7.39. The molecule has 0 spiro atoms. The van der Waals surface area contributed by atoms with Crippen molar-refractivity contribution in [1.29, 1.82) is 0 Å². The van der Waals surface area contributed by atoms with Gasteiger partial charge in [0, 0.05) is 11.8 Å². The van der Waals surface area contributed by atoms with Crippen molar-refractivity contribution in [1.82, 2.24) is 0 Å². The summed E-state index contributed by atoms with van der Waals surface area (Å²) in [7, 11) is -3.18. The molecule has 0 unspecified atom stereocenters. The van der Waals surface area contributed by atoms with Crippen LogP contribution in [0.15, 0.2) is 97.1 Å². The van der Waals surface area contributed by atoms with E-state index < -0.39 is 22.0 Å². The fourth-order valence-electron chi connectivity index (χ4n) is 7.30. The molecule has 0 aromatic heterocycles. The Kier molecular flexibility index (Phi) is 10.2. The van der Waals surface area contributed by atoms with E-state index >= 15 is 0 Å². The Morgan fingerprint density at radius 3 is 1.87 bits per heavy atom. The lowest BCUT2D eigenvalue weighted by Crippen LogP contribution is -2.67. The van der Waals surface area contributed by atoms with Crippen LogP contribution in [0.1, 0.15) is 60.5 Å². The van der Waals surface area contributed by atoms with Gasteiger partial charge in [0.2, 0.25) is 0 Å². The molecule has 1 saturated carbocycles. The number of rotatable bonds is 11. The maximum absolute atomic E-state index is 7.39. The third kappa shape index (κ3) is 6.72. The van der Waals surface area contributed by atoms with Gasteiger partial charge in [0.15, 0.2) is 8.32 Å². The zero-order valence-electron chi connectivity index (χ0n) is 30.3. The third-order valence-electron chi connectivity index (χ3n) is 11.2. The van der Waals surface area contributed by atoms with Gasteiger partial charge in [-0.2, -0.15) is 0 Å². The quantitative estimate of drug-likeness (QED) is 0.152. The Morgan fingerprint density at radius 1 is 0.830 bits per heavy atom. The van der Waals surface area contributed by atoms with Crippen LogP contribution in [-0.2, 0) is 24.9 Å². The number of fused-ring (bicyclic) bond motifs is 2. The lowest BCUT2D eigenvalue weighted by atomic mass is 9.74. The van der Waals surface area contributed by atoms with E-state index in [0.29, 0.717) is 13.2 Å². The standard InChI is InChI=1S/C40H56O5Si2/c1-29-35(28-43-47(39(5,6)7,32-18-14-12-15-19-32)33-20-16-13-17-21-33)44-34-26-36(45-46(10,11)38(2,3)4)40(29,8)37(34)42-27-30-22-24-31(41-9)25-23-30/h12-25,34-37H,1,26-28H2,2-11H3/t34-,35-,36-,37+,40+/m1/s1. The minimum atomic E-state index is -2.76. The van der Waals surface area contributed by atoms with Crippen LogP contribution in [-0.4, -0.2) is 54.8 Å². The molecule has 0 N–H and O–H groups in total. The lowest BCUT2D eigenvalue weighted by Gasteiger charge is -2.49. The Morgan fingerprint density at radius 2 is 1.38 bits per heavy atom. The van der Waals surface area contributed by atoms with E-state index in [9.17, 15) is 0 Å². The molecule has 0 amide bonds. The van der Waals surface area contributed by atoms with Crippen molar-refractivity contribution >= 4 is 27.0 Å². The molecule has 1 aliphatic heterocycles. The highest BCUT2D eigenvalue weighted by Crippen LogP contribution is 2.55. The second-order valence-electron chi connectivity index (χ2n) is 16.1. The van der Waals surface area contributed by atoms with Gasteiger partial charge in [0.25, 0.3) is 8.32 Å². The van der Waals surface area contributed by atoms with Crippen molar-refractivity contribution in [2.75, 3.05) is 13.7 Å². The largest absolute Gasteiger partial charge is 0.497 e. The normalized spacial score (nSPS) is 25.2. The fraction of sp³-hybridized carbons (Fsp3) is 0.500. The molecule has 1 saturated heterocycles. The number of benzene rings is 3. The van der Waals surface area contributed by atoms with E-state index in [-0.39, 0.29) is 34.5 Å². The molecule has 3 aromatic rings. The van der Waals surface area contributed by atoms with E-state index in [1.54, 1.807) is 7.11 Å². The topological polar surface area (TPSA) is 46.2 Å². The SMILES string of the molecule is C=C1[C@@H](CO[Si](c2ccccc2)(c2ccccc2)C(C)(C)C)O[C@@H]2C[C@@H](O[Si](C)(C)C(C)(C)C)[C@@]1(C)[C@H]2OCc1ccc(OC)cc1. The van der Waals surface area contributed by atoms with Crippen molar-refractivity contribution < 1.29 is 23.1 Å². The Hall–Kier alpha value is -2.53.